The van der Waals surface area contributed by atoms with Crippen molar-refractivity contribution in [2.45, 2.75) is 30.6 Å². The van der Waals surface area contributed by atoms with Crippen LogP contribution in [0.1, 0.15) is 18.5 Å². The van der Waals surface area contributed by atoms with E-state index >= 15 is 0 Å². The van der Waals surface area contributed by atoms with Gasteiger partial charge in [0.05, 0.1) is 0 Å². The van der Waals surface area contributed by atoms with Gasteiger partial charge in [0, 0.05) is 29.6 Å². The van der Waals surface area contributed by atoms with Gasteiger partial charge in [-0.3, -0.25) is 4.98 Å². The third-order valence-corrected chi connectivity index (χ3v) is 4.46. The SMILES string of the molecule is CNC(Cc1ccccn1)C1CCCS1. The Bertz CT molecular complexity index is 283. The van der Waals surface area contributed by atoms with Crippen LogP contribution in [0.5, 0.6) is 0 Å². The summed E-state index contributed by atoms with van der Waals surface area (Å²) in [4.78, 5) is 4.39. The van der Waals surface area contributed by atoms with Crippen molar-refractivity contribution < 1.29 is 0 Å². The fraction of sp³-hybridized carbons (Fsp3) is 0.583. The molecule has 0 saturated carbocycles. The van der Waals surface area contributed by atoms with Gasteiger partial charge in [-0.25, -0.2) is 0 Å². The molecule has 2 unspecified atom stereocenters. The summed E-state index contributed by atoms with van der Waals surface area (Å²) in [6.07, 6.45) is 5.65. The lowest BCUT2D eigenvalue weighted by atomic mass is 10.0. The molecule has 1 N–H and O–H groups in total. The first-order chi connectivity index (χ1) is 7.40. The summed E-state index contributed by atoms with van der Waals surface area (Å²) in [6, 6.07) is 6.73. The first-order valence-corrected chi connectivity index (χ1v) is 6.64. The second-order valence-electron chi connectivity index (χ2n) is 3.97. The summed E-state index contributed by atoms with van der Waals surface area (Å²) in [5, 5.41) is 4.21. The minimum atomic E-state index is 0.576. The van der Waals surface area contributed by atoms with Crippen molar-refractivity contribution >= 4 is 11.8 Å². The van der Waals surface area contributed by atoms with Crippen molar-refractivity contribution in [2.75, 3.05) is 12.8 Å². The van der Waals surface area contributed by atoms with Crippen molar-refractivity contribution in [3.05, 3.63) is 30.1 Å². The first-order valence-electron chi connectivity index (χ1n) is 5.59. The number of nitrogens with zero attached hydrogens (tertiary/aromatic N) is 1. The molecule has 0 aliphatic carbocycles. The molecule has 1 saturated heterocycles. The fourth-order valence-electron chi connectivity index (χ4n) is 2.08. The molecule has 0 amide bonds. The van der Waals surface area contributed by atoms with Crippen LogP contribution in [0, 0.1) is 0 Å². The van der Waals surface area contributed by atoms with Crippen LogP contribution in [0.25, 0.3) is 0 Å². The van der Waals surface area contributed by atoms with E-state index in [-0.39, 0.29) is 0 Å². The Morgan fingerprint density at radius 2 is 2.53 bits per heavy atom. The van der Waals surface area contributed by atoms with Gasteiger partial charge >= 0.3 is 0 Å². The maximum Gasteiger partial charge on any atom is 0.0419 e. The lowest BCUT2D eigenvalue weighted by Crippen LogP contribution is -2.36. The highest BCUT2D eigenvalue weighted by molar-refractivity contribution is 8.00. The van der Waals surface area contributed by atoms with E-state index in [9.17, 15) is 0 Å². The number of pyridine rings is 1. The number of rotatable bonds is 4. The Labute approximate surface area is 95.9 Å². The van der Waals surface area contributed by atoms with Crippen LogP contribution in [-0.4, -0.2) is 29.1 Å². The van der Waals surface area contributed by atoms with Gasteiger partial charge in [-0.2, -0.15) is 11.8 Å². The van der Waals surface area contributed by atoms with Crippen LogP contribution < -0.4 is 5.32 Å². The van der Waals surface area contributed by atoms with Gasteiger partial charge in [0.25, 0.3) is 0 Å². The average molecular weight is 222 g/mol. The van der Waals surface area contributed by atoms with E-state index in [1.54, 1.807) is 0 Å². The summed E-state index contributed by atoms with van der Waals surface area (Å²) >= 11 is 2.10. The van der Waals surface area contributed by atoms with Crippen LogP contribution in [0.4, 0.5) is 0 Å². The fourth-order valence-corrected chi connectivity index (χ4v) is 3.52. The lowest BCUT2D eigenvalue weighted by molar-refractivity contribution is 0.519. The molecule has 2 heterocycles. The number of thioether (sulfide) groups is 1. The molecule has 1 aromatic rings. The number of hydrogen-bond donors (Lipinski definition) is 1. The maximum atomic E-state index is 4.39. The zero-order valence-corrected chi connectivity index (χ0v) is 9.96. The highest BCUT2D eigenvalue weighted by atomic mass is 32.2. The monoisotopic (exact) mass is 222 g/mol. The highest BCUT2D eigenvalue weighted by Gasteiger charge is 2.24. The number of likely N-dealkylation sites (N-methyl/N-ethyl adjacent to an activating group) is 1. The quantitative estimate of drug-likeness (QED) is 0.844. The molecule has 1 aliphatic rings. The average Bonchev–Trinajstić information content (AvgIpc) is 2.81. The predicted molar refractivity (Wildman–Crippen MR) is 66.3 cm³/mol. The molecule has 1 aliphatic heterocycles. The zero-order chi connectivity index (χ0) is 10.5. The Morgan fingerprint density at radius 3 is 3.13 bits per heavy atom. The largest absolute Gasteiger partial charge is 0.316 e. The van der Waals surface area contributed by atoms with Gasteiger partial charge in [-0.1, -0.05) is 6.07 Å². The third kappa shape index (κ3) is 2.95. The van der Waals surface area contributed by atoms with E-state index in [0.29, 0.717) is 6.04 Å². The molecule has 2 nitrogen and oxygen atoms in total. The van der Waals surface area contributed by atoms with Gasteiger partial charge in [0.15, 0.2) is 0 Å². The van der Waals surface area contributed by atoms with Gasteiger partial charge in [0.1, 0.15) is 0 Å². The Kier molecular flexibility index (Phi) is 4.03. The van der Waals surface area contributed by atoms with Crippen LogP contribution >= 0.6 is 11.8 Å². The smallest absolute Gasteiger partial charge is 0.0419 e. The van der Waals surface area contributed by atoms with Crippen LogP contribution in [0.2, 0.25) is 0 Å². The van der Waals surface area contributed by atoms with Crippen LogP contribution in [0.15, 0.2) is 24.4 Å². The third-order valence-electron chi connectivity index (χ3n) is 2.94. The van der Waals surface area contributed by atoms with E-state index in [1.165, 1.54) is 24.3 Å². The highest BCUT2D eigenvalue weighted by Crippen LogP contribution is 2.29. The van der Waals surface area contributed by atoms with E-state index < -0.39 is 0 Å². The molecule has 1 fully saturated rings. The van der Waals surface area contributed by atoms with Crippen molar-refractivity contribution in [2.24, 2.45) is 0 Å². The molecular weight excluding hydrogens is 204 g/mol. The molecule has 1 aromatic heterocycles. The topological polar surface area (TPSA) is 24.9 Å². The van der Waals surface area contributed by atoms with Crippen LogP contribution in [0.3, 0.4) is 0 Å². The molecule has 15 heavy (non-hydrogen) atoms. The molecule has 0 radical (unpaired) electrons. The van der Waals surface area contributed by atoms with Crippen molar-refractivity contribution in [1.82, 2.24) is 10.3 Å². The number of nitrogens with one attached hydrogen (secondary N) is 1. The molecule has 3 heteroatoms. The Morgan fingerprint density at radius 1 is 1.60 bits per heavy atom. The van der Waals surface area contributed by atoms with Gasteiger partial charge in [-0.05, 0) is 37.8 Å². The minimum Gasteiger partial charge on any atom is -0.316 e. The van der Waals surface area contributed by atoms with Gasteiger partial charge in [0.2, 0.25) is 0 Å². The summed E-state index contributed by atoms with van der Waals surface area (Å²) < 4.78 is 0. The Balaban J connectivity index is 1.96. The van der Waals surface area contributed by atoms with Gasteiger partial charge < -0.3 is 5.32 Å². The summed E-state index contributed by atoms with van der Waals surface area (Å²) in [6.45, 7) is 0. The van der Waals surface area contributed by atoms with Gasteiger partial charge in [-0.15, -0.1) is 0 Å². The zero-order valence-electron chi connectivity index (χ0n) is 9.15. The number of hydrogen-bond acceptors (Lipinski definition) is 3. The second kappa shape index (κ2) is 5.52. The standard InChI is InChI=1S/C12H18N2S/c1-13-11(12-6-4-8-15-12)9-10-5-2-3-7-14-10/h2-3,5,7,11-13H,4,6,8-9H2,1H3. The number of aromatic nitrogens is 1. The summed E-state index contributed by atoms with van der Waals surface area (Å²) in [5.74, 6) is 1.32. The molecule has 2 atom stereocenters. The molecule has 82 valence electrons. The lowest BCUT2D eigenvalue weighted by Gasteiger charge is -2.21. The van der Waals surface area contributed by atoms with Crippen LogP contribution in [-0.2, 0) is 6.42 Å². The maximum absolute atomic E-state index is 4.39. The Hall–Kier alpha value is -0.540. The summed E-state index contributed by atoms with van der Waals surface area (Å²) in [5.41, 5.74) is 1.20. The van der Waals surface area contributed by atoms with E-state index in [1.807, 2.05) is 12.3 Å². The molecular formula is C12H18N2S. The van der Waals surface area contributed by atoms with E-state index in [4.69, 9.17) is 0 Å². The van der Waals surface area contributed by atoms with Crippen molar-refractivity contribution in [1.29, 1.82) is 0 Å². The molecule has 0 aromatic carbocycles. The normalized spacial score (nSPS) is 22.9. The van der Waals surface area contributed by atoms with Crippen molar-refractivity contribution in [3.63, 3.8) is 0 Å². The second-order valence-corrected chi connectivity index (χ2v) is 5.32. The molecule has 0 spiro atoms. The van der Waals surface area contributed by atoms with E-state index in [2.05, 4.69) is 41.2 Å². The minimum absolute atomic E-state index is 0.576. The summed E-state index contributed by atoms with van der Waals surface area (Å²) in [7, 11) is 2.06. The first kappa shape index (κ1) is 11.0. The molecule has 2 rings (SSSR count). The van der Waals surface area contributed by atoms with E-state index in [0.717, 1.165) is 11.7 Å². The van der Waals surface area contributed by atoms with Crippen molar-refractivity contribution in [3.8, 4) is 0 Å². The predicted octanol–water partition coefficient (Wildman–Crippen LogP) is 2.11. The molecule has 0 bridgehead atoms.